The standard InChI is InChI=1S/C25H26FNO3/c26-20-4-1-16-13-18(14-17(16)15-20)22(28)27-21-5-2-19(3-6-21)24-7-10-25(11-8-24,12-9-24)23(29)30/h1-6,15,18H,7-14H2,(H,27,28)(H,29,30). The second-order valence-corrected chi connectivity index (χ2v) is 9.45. The molecule has 0 saturated heterocycles. The van der Waals surface area contributed by atoms with Gasteiger partial charge in [-0.2, -0.15) is 0 Å². The number of amides is 1. The minimum atomic E-state index is -0.634. The number of rotatable bonds is 4. The largest absolute Gasteiger partial charge is 0.481 e. The van der Waals surface area contributed by atoms with Gasteiger partial charge in [0.15, 0.2) is 0 Å². The van der Waals surface area contributed by atoms with Gasteiger partial charge >= 0.3 is 5.97 Å². The maximum absolute atomic E-state index is 13.4. The van der Waals surface area contributed by atoms with E-state index < -0.39 is 11.4 Å². The number of hydrogen-bond acceptors (Lipinski definition) is 2. The van der Waals surface area contributed by atoms with Crippen molar-refractivity contribution < 1.29 is 19.1 Å². The van der Waals surface area contributed by atoms with Crippen LogP contribution in [0.2, 0.25) is 0 Å². The van der Waals surface area contributed by atoms with Crippen LogP contribution in [-0.4, -0.2) is 17.0 Å². The van der Waals surface area contributed by atoms with Crippen LogP contribution >= 0.6 is 0 Å². The Morgan fingerprint density at radius 2 is 1.53 bits per heavy atom. The van der Waals surface area contributed by atoms with E-state index in [1.165, 1.54) is 17.7 Å². The van der Waals surface area contributed by atoms with E-state index in [0.29, 0.717) is 12.8 Å². The third-order valence-electron chi connectivity index (χ3n) is 7.94. The molecule has 2 aromatic carbocycles. The Hall–Kier alpha value is -2.69. The van der Waals surface area contributed by atoms with Gasteiger partial charge in [-0.3, -0.25) is 9.59 Å². The van der Waals surface area contributed by atoms with Gasteiger partial charge in [0.1, 0.15) is 5.82 Å². The lowest BCUT2D eigenvalue weighted by molar-refractivity contribution is -0.156. The monoisotopic (exact) mass is 407 g/mol. The first kappa shape index (κ1) is 19.3. The zero-order chi connectivity index (χ0) is 20.9. The summed E-state index contributed by atoms with van der Waals surface area (Å²) in [5, 5.41) is 12.6. The van der Waals surface area contributed by atoms with Crippen molar-refractivity contribution in [1.29, 1.82) is 0 Å². The van der Waals surface area contributed by atoms with Crippen molar-refractivity contribution in [3.8, 4) is 0 Å². The number of carboxylic acids is 1. The number of halogens is 1. The van der Waals surface area contributed by atoms with E-state index in [-0.39, 0.29) is 23.1 Å². The smallest absolute Gasteiger partial charge is 0.309 e. The molecule has 0 spiro atoms. The van der Waals surface area contributed by atoms with Crippen molar-refractivity contribution in [3.63, 3.8) is 0 Å². The average molecular weight is 407 g/mol. The molecule has 1 atom stereocenters. The molecule has 1 unspecified atom stereocenters. The van der Waals surface area contributed by atoms with Gasteiger partial charge in [-0.25, -0.2) is 4.39 Å². The Morgan fingerprint density at radius 3 is 2.17 bits per heavy atom. The molecule has 2 N–H and O–H groups in total. The first-order valence-corrected chi connectivity index (χ1v) is 10.8. The maximum Gasteiger partial charge on any atom is 0.309 e. The van der Waals surface area contributed by atoms with Gasteiger partial charge in [0.2, 0.25) is 5.91 Å². The van der Waals surface area contributed by atoms with Crippen LogP contribution in [-0.2, 0) is 27.8 Å². The lowest BCUT2D eigenvalue weighted by atomic mass is 9.52. The van der Waals surface area contributed by atoms with Gasteiger partial charge in [-0.1, -0.05) is 18.2 Å². The van der Waals surface area contributed by atoms with Gasteiger partial charge in [0.25, 0.3) is 0 Å². The highest BCUT2D eigenvalue weighted by atomic mass is 19.1. The number of benzene rings is 2. The summed E-state index contributed by atoms with van der Waals surface area (Å²) in [4.78, 5) is 24.4. The molecule has 2 aromatic rings. The zero-order valence-corrected chi connectivity index (χ0v) is 16.9. The number of carbonyl (C=O) groups excluding carboxylic acids is 1. The minimum absolute atomic E-state index is 0.0286. The summed E-state index contributed by atoms with van der Waals surface area (Å²) in [6.45, 7) is 0. The summed E-state index contributed by atoms with van der Waals surface area (Å²) >= 11 is 0. The zero-order valence-electron chi connectivity index (χ0n) is 16.9. The Morgan fingerprint density at radius 1 is 0.900 bits per heavy atom. The van der Waals surface area contributed by atoms with Crippen LogP contribution in [0.15, 0.2) is 42.5 Å². The van der Waals surface area contributed by atoms with Crippen molar-refractivity contribution in [1.82, 2.24) is 0 Å². The molecule has 3 fully saturated rings. The highest BCUT2D eigenvalue weighted by Crippen LogP contribution is 2.57. The third kappa shape index (κ3) is 3.11. The van der Waals surface area contributed by atoms with Crippen molar-refractivity contribution >= 4 is 17.6 Å². The van der Waals surface area contributed by atoms with Crippen LogP contribution in [0.4, 0.5) is 10.1 Å². The maximum atomic E-state index is 13.4. The molecule has 1 amide bonds. The Bertz CT molecular complexity index is 989. The molecule has 6 rings (SSSR count). The summed E-state index contributed by atoms with van der Waals surface area (Å²) in [5.74, 6) is -1.08. The highest BCUT2D eigenvalue weighted by molar-refractivity contribution is 5.93. The number of carboxylic acid groups (broad SMARTS) is 1. The van der Waals surface area contributed by atoms with Crippen molar-refractivity contribution in [2.45, 2.75) is 56.8 Å². The van der Waals surface area contributed by atoms with Gasteiger partial charge in [-0.15, -0.1) is 0 Å². The third-order valence-corrected chi connectivity index (χ3v) is 7.94. The van der Waals surface area contributed by atoms with Crippen molar-refractivity contribution in [2.75, 3.05) is 5.32 Å². The van der Waals surface area contributed by atoms with E-state index in [4.69, 9.17) is 0 Å². The second-order valence-electron chi connectivity index (χ2n) is 9.45. The molecule has 2 bridgehead atoms. The highest BCUT2D eigenvalue weighted by Gasteiger charge is 2.53. The summed E-state index contributed by atoms with van der Waals surface area (Å²) < 4.78 is 13.4. The van der Waals surface area contributed by atoms with Gasteiger partial charge in [0.05, 0.1) is 5.41 Å². The Kier molecular flexibility index (Phi) is 4.46. The molecule has 4 aliphatic carbocycles. The normalized spacial score (nSPS) is 29.4. The van der Waals surface area contributed by atoms with E-state index in [2.05, 4.69) is 17.4 Å². The fourth-order valence-corrected chi connectivity index (χ4v) is 5.86. The van der Waals surface area contributed by atoms with Gasteiger partial charge < -0.3 is 10.4 Å². The number of carbonyl (C=O) groups is 2. The quantitative estimate of drug-likeness (QED) is 0.761. The topological polar surface area (TPSA) is 66.4 Å². The van der Waals surface area contributed by atoms with Crippen LogP contribution in [0.5, 0.6) is 0 Å². The number of hydrogen-bond donors (Lipinski definition) is 2. The summed E-state index contributed by atoms with van der Waals surface area (Å²) in [6, 6.07) is 12.9. The molecule has 0 heterocycles. The molecule has 30 heavy (non-hydrogen) atoms. The second kappa shape index (κ2) is 6.93. The first-order chi connectivity index (χ1) is 14.4. The number of aliphatic carboxylic acids is 1. The van der Waals surface area contributed by atoms with Crippen molar-refractivity contribution in [3.05, 3.63) is 65.0 Å². The lowest BCUT2D eigenvalue weighted by Gasteiger charge is -2.51. The summed E-state index contributed by atoms with van der Waals surface area (Å²) in [7, 11) is 0. The molecule has 4 aliphatic rings. The Balaban J connectivity index is 1.24. The van der Waals surface area contributed by atoms with Crippen LogP contribution in [0.1, 0.15) is 55.2 Å². The van der Waals surface area contributed by atoms with E-state index in [1.54, 1.807) is 6.07 Å². The first-order valence-electron chi connectivity index (χ1n) is 10.8. The summed E-state index contributed by atoms with van der Waals surface area (Å²) in [5.41, 5.74) is 3.58. The lowest BCUT2D eigenvalue weighted by Crippen LogP contribution is -2.47. The molecule has 4 nitrogen and oxygen atoms in total. The van der Waals surface area contributed by atoms with Crippen LogP contribution < -0.4 is 5.32 Å². The molecule has 156 valence electrons. The van der Waals surface area contributed by atoms with E-state index in [9.17, 15) is 19.1 Å². The van der Waals surface area contributed by atoms with E-state index in [1.807, 2.05) is 12.1 Å². The average Bonchev–Trinajstić information content (AvgIpc) is 3.19. The predicted octanol–water partition coefficient (Wildman–Crippen LogP) is 4.86. The Labute approximate surface area is 175 Å². The van der Waals surface area contributed by atoms with Gasteiger partial charge in [-0.05, 0) is 97.7 Å². The molecule has 0 aromatic heterocycles. The minimum Gasteiger partial charge on any atom is -0.481 e. The number of fused-ring (bicyclic) bond motifs is 4. The van der Waals surface area contributed by atoms with E-state index >= 15 is 0 Å². The molecular formula is C25H26FNO3. The summed E-state index contributed by atoms with van der Waals surface area (Å²) in [6.07, 6.45) is 6.24. The van der Waals surface area contributed by atoms with Crippen LogP contribution in [0.25, 0.3) is 0 Å². The SMILES string of the molecule is O=C(Nc1ccc(C23CCC(C(=O)O)(CC2)CC3)cc1)C1Cc2ccc(F)cc2C1. The van der Waals surface area contributed by atoms with Crippen molar-refractivity contribution in [2.24, 2.45) is 11.3 Å². The molecule has 0 radical (unpaired) electrons. The number of anilines is 1. The molecule has 0 aliphatic heterocycles. The van der Waals surface area contributed by atoms with Crippen LogP contribution in [0.3, 0.4) is 0 Å². The van der Waals surface area contributed by atoms with E-state index in [0.717, 1.165) is 55.3 Å². The fraction of sp³-hybridized carbons (Fsp3) is 0.440. The van der Waals surface area contributed by atoms with Gasteiger partial charge in [0, 0.05) is 11.6 Å². The predicted molar refractivity (Wildman–Crippen MR) is 112 cm³/mol. The molecule has 5 heteroatoms. The number of nitrogens with one attached hydrogen (secondary N) is 1. The molecular weight excluding hydrogens is 381 g/mol. The molecule has 3 saturated carbocycles. The van der Waals surface area contributed by atoms with Crippen LogP contribution in [0, 0.1) is 17.2 Å². The fourth-order valence-electron chi connectivity index (χ4n) is 5.86.